The molecular weight excluding hydrogens is 294 g/mol. The molecule has 1 heterocycles. The van der Waals surface area contributed by atoms with E-state index in [-0.39, 0.29) is 11.6 Å². The Morgan fingerprint density at radius 2 is 1.78 bits per heavy atom. The van der Waals surface area contributed by atoms with Crippen LogP contribution in [-0.4, -0.2) is 32.8 Å². The minimum atomic E-state index is -0.945. The monoisotopic (exact) mass is 315 g/mol. The molecular formula is C17H21N3O3. The lowest BCUT2D eigenvalue weighted by atomic mass is 10.0. The predicted octanol–water partition coefficient (Wildman–Crippen LogP) is 2.33. The zero-order valence-corrected chi connectivity index (χ0v) is 13.7. The van der Waals surface area contributed by atoms with Gasteiger partial charge in [0.05, 0.1) is 11.6 Å². The van der Waals surface area contributed by atoms with Crippen molar-refractivity contribution in [2.45, 2.75) is 33.7 Å². The Balaban J connectivity index is 2.18. The summed E-state index contributed by atoms with van der Waals surface area (Å²) in [6, 6.07) is 9.04. The van der Waals surface area contributed by atoms with Crippen LogP contribution in [0, 0.1) is 19.8 Å². The molecule has 0 saturated carbocycles. The number of benzene rings is 1. The van der Waals surface area contributed by atoms with E-state index in [2.05, 4.69) is 10.4 Å². The number of hydrogen-bond donors (Lipinski definition) is 2. The van der Waals surface area contributed by atoms with Crippen molar-refractivity contribution in [2.75, 3.05) is 0 Å². The summed E-state index contributed by atoms with van der Waals surface area (Å²) in [4.78, 5) is 23.2. The van der Waals surface area contributed by atoms with E-state index >= 15 is 0 Å². The third-order valence-electron chi connectivity index (χ3n) is 3.90. The molecule has 2 unspecified atom stereocenters. The van der Waals surface area contributed by atoms with Crippen LogP contribution >= 0.6 is 0 Å². The lowest BCUT2D eigenvalue weighted by Crippen LogP contribution is -2.40. The van der Waals surface area contributed by atoms with Crippen LogP contribution in [0.25, 0.3) is 5.69 Å². The van der Waals surface area contributed by atoms with E-state index < -0.39 is 17.9 Å². The molecule has 23 heavy (non-hydrogen) atoms. The van der Waals surface area contributed by atoms with Gasteiger partial charge in [-0.25, -0.2) is 4.68 Å². The Morgan fingerprint density at radius 1 is 1.17 bits per heavy atom. The molecule has 0 radical (unpaired) electrons. The van der Waals surface area contributed by atoms with Crippen molar-refractivity contribution in [2.24, 2.45) is 5.92 Å². The molecule has 0 saturated heterocycles. The van der Waals surface area contributed by atoms with Crippen molar-refractivity contribution in [3.05, 3.63) is 47.3 Å². The smallest absolute Gasteiger partial charge is 0.308 e. The van der Waals surface area contributed by atoms with Gasteiger partial charge in [0.15, 0.2) is 5.69 Å². The van der Waals surface area contributed by atoms with Gasteiger partial charge >= 0.3 is 5.97 Å². The molecule has 0 aliphatic heterocycles. The summed E-state index contributed by atoms with van der Waals surface area (Å²) in [6.45, 7) is 7.10. The summed E-state index contributed by atoms with van der Waals surface area (Å²) in [5, 5.41) is 16.0. The maximum Gasteiger partial charge on any atom is 0.308 e. The molecule has 0 spiro atoms. The van der Waals surface area contributed by atoms with Gasteiger partial charge in [-0.3, -0.25) is 9.59 Å². The number of hydrogen-bond acceptors (Lipinski definition) is 3. The van der Waals surface area contributed by atoms with Crippen LogP contribution < -0.4 is 5.32 Å². The number of carboxylic acid groups (broad SMARTS) is 1. The number of carbonyl (C=O) groups excluding carboxylic acids is 1. The minimum Gasteiger partial charge on any atom is -0.481 e. The van der Waals surface area contributed by atoms with Gasteiger partial charge in [0, 0.05) is 11.7 Å². The van der Waals surface area contributed by atoms with Crippen LogP contribution in [0.5, 0.6) is 0 Å². The standard InChI is InChI=1S/C17H21N3O3/c1-10-5-7-14(8-6-10)20-11(2)9-15(19-20)16(21)18-13(4)12(3)17(22)23/h5-9,12-13H,1-4H3,(H,18,21)(H,22,23). The molecule has 6 heteroatoms. The second kappa shape index (κ2) is 6.64. The van der Waals surface area contributed by atoms with E-state index in [0.717, 1.165) is 16.9 Å². The third kappa shape index (κ3) is 3.77. The zero-order chi connectivity index (χ0) is 17.1. The maximum atomic E-state index is 12.3. The highest BCUT2D eigenvalue weighted by molar-refractivity contribution is 5.93. The summed E-state index contributed by atoms with van der Waals surface area (Å²) < 4.78 is 1.69. The van der Waals surface area contributed by atoms with Gasteiger partial charge in [-0.1, -0.05) is 17.7 Å². The Morgan fingerprint density at radius 3 is 2.35 bits per heavy atom. The Kier molecular flexibility index (Phi) is 4.83. The molecule has 2 aromatic rings. The van der Waals surface area contributed by atoms with Crippen molar-refractivity contribution in [1.82, 2.24) is 15.1 Å². The van der Waals surface area contributed by atoms with Crippen molar-refractivity contribution >= 4 is 11.9 Å². The second-order valence-corrected chi connectivity index (χ2v) is 5.81. The molecule has 0 aliphatic rings. The fraction of sp³-hybridized carbons (Fsp3) is 0.353. The summed E-state index contributed by atoms with van der Waals surface area (Å²) in [5.41, 5.74) is 3.12. The number of amides is 1. The molecule has 1 aromatic heterocycles. The van der Waals surface area contributed by atoms with Crippen LogP contribution in [0.4, 0.5) is 0 Å². The number of aliphatic carboxylic acids is 1. The SMILES string of the molecule is Cc1ccc(-n2nc(C(=O)NC(C)C(C)C(=O)O)cc2C)cc1. The first-order valence-electron chi connectivity index (χ1n) is 7.47. The molecule has 6 nitrogen and oxygen atoms in total. The van der Waals surface area contributed by atoms with E-state index in [0.29, 0.717) is 0 Å². The van der Waals surface area contributed by atoms with Crippen molar-refractivity contribution in [3.8, 4) is 5.69 Å². The number of nitrogens with zero attached hydrogens (tertiary/aromatic N) is 2. The normalized spacial score (nSPS) is 13.4. The molecule has 0 aliphatic carbocycles. The molecule has 1 amide bonds. The first-order chi connectivity index (χ1) is 10.8. The van der Waals surface area contributed by atoms with Gasteiger partial charge in [0.2, 0.25) is 0 Å². The molecule has 2 atom stereocenters. The van der Waals surface area contributed by atoms with Crippen LogP contribution in [0.2, 0.25) is 0 Å². The average Bonchev–Trinajstić information content (AvgIpc) is 2.89. The van der Waals surface area contributed by atoms with Crippen molar-refractivity contribution < 1.29 is 14.7 Å². The van der Waals surface area contributed by atoms with E-state index in [1.165, 1.54) is 0 Å². The van der Waals surface area contributed by atoms with Crippen LogP contribution in [-0.2, 0) is 4.79 Å². The predicted molar refractivity (Wildman–Crippen MR) is 86.8 cm³/mol. The van der Waals surface area contributed by atoms with Crippen LogP contribution in [0.15, 0.2) is 30.3 Å². The first-order valence-corrected chi connectivity index (χ1v) is 7.47. The van der Waals surface area contributed by atoms with Crippen LogP contribution in [0.1, 0.15) is 35.6 Å². The molecule has 122 valence electrons. The number of rotatable bonds is 5. The van der Waals surface area contributed by atoms with Gasteiger partial charge in [0.25, 0.3) is 5.91 Å². The van der Waals surface area contributed by atoms with Gasteiger partial charge in [0.1, 0.15) is 0 Å². The largest absolute Gasteiger partial charge is 0.481 e. The van der Waals surface area contributed by atoms with E-state index in [1.807, 2.05) is 38.1 Å². The Bertz CT molecular complexity index is 719. The van der Waals surface area contributed by atoms with E-state index in [1.54, 1.807) is 24.6 Å². The lowest BCUT2D eigenvalue weighted by molar-refractivity contribution is -0.141. The average molecular weight is 315 g/mol. The number of nitrogens with one attached hydrogen (secondary N) is 1. The highest BCUT2D eigenvalue weighted by atomic mass is 16.4. The molecule has 0 fully saturated rings. The van der Waals surface area contributed by atoms with Gasteiger partial charge in [-0.05, 0) is 45.9 Å². The number of aromatic nitrogens is 2. The van der Waals surface area contributed by atoms with Crippen molar-refractivity contribution in [1.29, 1.82) is 0 Å². The summed E-state index contributed by atoms with van der Waals surface area (Å²) >= 11 is 0. The minimum absolute atomic E-state index is 0.271. The fourth-order valence-electron chi connectivity index (χ4n) is 2.15. The number of carboxylic acids is 1. The first kappa shape index (κ1) is 16.7. The van der Waals surface area contributed by atoms with Gasteiger partial charge < -0.3 is 10.4 Å². The highest BCUT2D eigenvalue weighted by Crippen LogP contribution is 2.13. The van der Waals surface area contributed by atoms with Crippen LogP contribution in [0.3, 0.4) is 0 Å². The molecule has 2 rings (SSSR count). The van der Waals surface area contributed by atoms with E-state index in [4.69, 9.17) is 5.11 Å². The number of aryl methyl sites for hydroxylation is 2. The molecule has 2 N–H and O–H groups in total. The Labute approximate surface area is 135 Å². The van der Waals surface area contributed by atoms with Gasteiger partial charge in [-0.2, -0.15) is 5.10 Å². The fourth-order valence-corrected chi connectivity index (χ4v) is 2.15. The molecule has 1 aromatic carbocycles. The van der Waals surface area contributed by atoms with E-state index in [9.17, 15) is 9.59 Å². The second-order valence-electron chi connectivity index (χ2n) is 5.81. The Hall–Kier alpha value is -2.63. The van der Waals surface area contributed by atoms with Gasteiger partial charge in [-0.15, -0.1) is 0 Å². The molecule has 0 bridgehead atoms. The zero-order valence-electron chi connectivity index (χ0n) is 13.7. The number of carbonyl (C=O) groups is 2. The summed E-state index contributed by atoms with van der Waals surface area (Å²) in [7, 11) is 0. The topological polar surface area (TPSA) is 84.2 Å². The lowest BCUT2D eigenvalue weighted by Gasteiger charge is -2.16. The summed E-state index contributed by atoms with van der Waals surface area (Å²) in [6.07, 6.45) is 0. The maximum absolute atomic E-state index is 12.3. The summed E-state index contributed by atoms with van der Waals surface area (Å²) in [5.74, 6) is -1.99. The quantitative estimate of drug-likeness (QED) is 0.887. The third-order valence-corrected chi connectivity index (χ3v) is 3.90. The highest BCUT2D eigenvalue weighted by Gasteiger charge is 2.23. The van der Waals surface area contributed by atoms with Crippen molar-refractivity contribution in [3.63, 3.8) is 0 Å².